The smallest absolute Gasteiger partial charge is 0.284 e. The Kier molecular flexibility index (Phi) is 4.98. The normalized spacial score (nSPS) is 15.0. The van der Waals surface area contributed by atoms with Crippen molar-refractivity contribution in [3.63, 3.8) is 0 Å². The van der Waals surface area contributed by atoms with E-state index in [0.717, 1.165) is 17.8 Å². The fraction of sp³-hybridized carbons (Fsp3) is 0.304. The molecule has 0 saturated carbocycles. The van der Waals surface area contributed by atoms with Crippen molar-refractivity contribution in [2.45, 2.75) is 33.1 Å². The second-order valence-corrected chi connectivity index (χ2v) is 7.40. The molecule has 0 amide bonds. The predicted molar refractivity (Wildman–Crippen MR) is 102 cm³/mol. The Balaban J connectivity index is 2.06. The number of allylic oxidation sites excluding steroid dienone is 3. The molecule has 1 aliphatic heterocycles. The third kappa shape index (κ3) is 3.79. The fourth-order valence-corrected chi connectivity index (χ4v) is 3.25. The van der Waals surface area contributed by atoms with E-state index >= 15 is 0 Å². The first-order chi connectivity index (χ1) is 12.0. The van der Waals surface area contributed by atoms with Crippen LogP contribution in [-0.4, -0.2) is 7.11 Å². The van der Waals surface area contributed by atoms with Crippen LogP contribution in [0.1, 0.15) is 44.2 Å². The molecule has 0 fully saturated rings. The molecular weight excluding hydrogens is 308 g/mol. The van der Waals surface area contributed by atoms with E-state index in [1.54, 1.807) is 7.11 Å². The number of hydrogen-bond acceptors (Lipinski definition) is 2. The summed E-state index contributed by atoms with van der Waals surface area (Å²) in [6.07, 6.45) is 3.01. The standard InChI is InChI=1S/C23H26O2/c1-23(2,3)20-16-15-19(22(24-4)25-20)21(17-11-7-5-8-12-17)18-13-9-6-10-14-18/h5-14,16,21H,15H2,1-4H3. The van der Waals surface area contributed by atoms with Crippen molar-refractivity contribution in [3.05, 3.63) is 95.1 Å². The molecule has 0 aliphatic carbocycles. The van der Waals surface area contributed by atoms with Crippen LogP contribution in [0.2, 0.25) is 0 Å². The molecule has 0 atom stereocenters. The van der Waals surface area contributed by atoms with Crippen LogP contribution in [-0.2, 0) is 9.47 Å². The molecule has 2 aromatic rings. The van der Waals surface area contributed by atoms with Crippen LogP contribution in [0.3, 0.4) is 0 Å². The fourth-order valence-electron chi connectivity index (χ4n) is 3.25. The van der Waals surface area contributed by atoms with Gasteiger partial charge >= 0.3 is 0 Å². The van der Waals surface area contributed by atoms with Crippen LogP contribution in [0.5, 0.6) is 0 Å². The second-order valence-electron chi connectivity index (χ2n) is 7.40. The molecule has 1 aliphatic rings. The summed E-state index contributed by atoms with van der Waals surface area (Å²) in [7, 11) is 1.69. The van der Waals surface area contributed by atoms with Gasteiger partial charge in [-0.2, -0.15) is 0 Å². The summed E-state index contributed by atoms with van der Waals surface area (Å²) in [5, 5.41) is 0. The largest absolute Gasteiger partial charge is 0.468 e. The van der Waals surface area contributed by atoms with E-state index in [1.165, 1.54) is 11.1 Å². The molecule has 2 aromatic carbocycles. The first kappa shape index (κ1) is 17.3. The average molecular weight is 334 g/mol. The number of hydrogen-bond donors (Lipinski definition) is 0. The molecule has 0 spiro atoms. The van der Waals surface area contributed by atoms with Gasteiger partial charge in [-0.25, -0.2) is 0 Å². The second kappa shape index (κ2) is 7.18. The molecule has 0 aromatic heterocycles. The summed E-state index contributed by atoms with van der Waals surface area (Å²) in [6.45, 7) is 6.47. The van der Waals surface area contributed by atoms with E-state index in [0.29, 0.717) is 5.95 Å². The molecule has 1 heterocycles. The van der Waals surface area contributed by atoms with Crippen LogP contribution in [0.15, 0.2) is 84.0 Å². The van der Waals surface area contributed by atoms with Crippen LogP contribution in [0, 0.1) is 5.41 Å². The number of benzene rings is 2. The Bertz CT molecular complexity index is 725. The van der Waals surface area contributed by atoms with E-state index in [1.807, 2.05) is 12.1 Å². The van der Waals surface area contributed by atoms with Gasteiger partial charge in [0, 0.05) is 16.9 Å². The van der Waals surface area contributed by atoms with Crippen molar-refractivity contribution >= 4 is 0 Å². The topological polar surface area (TPSA) is 18.5 Å². The highest BCUT2D eigenvalue weighted by Crippen LogP contribution is 2.41. The van der Waals surface area contributed by atoms with E-state index in [9.17, 15) is 0 Å². The maximum absolute atomic E-state index is 6.16. The van der Waals surface area contributed by atoms with Crippen LogP contribution in [0.4, 0.5) is 0 Å². The lowest BCUT2D eigenvalue weighted by atomic mass is 9.82. The molecule has 0 bridgehead atoms. The monoisotopic (exact) mass is 334 g/mol. The molecule has 2 heteroatoms. The third-order valence-corrected chi connectivity index (χ3v) is 4.51. The van der Waals surface area contributed by atoms with E-state index in [-0.39, 0.29) is 11.3 Å². The lowest BCUT2D eigenvalue weighted by molar-refractivity contribution is 0.0664. The van der Waals surface area contributed by atoms with Gasteiger partial charge in [-0.1, -0.05) is 81.4 Å². The zero-order chi connectivity index (χ0) is 17.9. The molecule has 3 rings (SSSR count). The van der Waals surface area contributed by atoms with Gasteiger partial charge in [-0.05, 0) is 23.6 Å². The quantitative estimate of drug-likeness (QED) is 0.680. The van der Waals surface area contributed by atoms with E-state index < -0.39 is 0 Å². The van der Waals surface area contributed by atoms with Gasteiger partial charge in [0.15, 0.2) is 0 Å². The SMILES string of the molecule is COC1=C(C(c2ccccc2)c2ccccc2)CC=C(C(C)(C)C)O1. The third-order valence-electron chi connectivity index (χ3n) is 4.51. The Morgan fingerprint density at radius 1 is 0.880 bits per heavy atom. The summed E-state index contributed by atoms with van der Waals surface area (Å²) >= 11 is 0. The maximum atomic E-state index is 6.16. The molecule has 2 nitrogen and oxygen atoms in total. The van der Waals surface area contributed by atoms with Gasteiger partial charge in [0.1, 0.15) is 5.76 Å². The van der Waals surface area contributed by atoms with Crippen molar-refractivity contribution in [3.8, 4) is 0 Å². The summed E-state index contributed by atoms with van der Waals surface area (Å²) in [6, 6.07) is 21.1. The number of ether oxygens (including phenoxy) is 2. The van der Waals surface area contributed by atoms with E-state index in [2.05, 4.69) is 75.4 Å². The van der Waals surface area contributed by atoms with Gasteiger partial charge in [0.25, 0.3) is 5.95 Å². The van der Waals surface area contributed by atoms with Crippen molar-refractivity contribution in [2.75, 3.05) is 7.11 Å². The zero-order valence-corrected chi connectivity index (χ0v) is 15.5. The van der Waals surface area contributed by atoms with Crippen LogP contribution < -0.4 is 0 Å². The molecule has 130 valence electrons. The Morgan fingerprint density at radius 2 is 1.40 bits per heavy atom. The minimum absolute atomic E-state index is 0.0374. The van der Waals surface area contributed by atoms with Gasteiger partial charge in [-0.15, -0.1) is 0 Å². The summed E-state index contributed by atoms with van der Waals surface area (Å²) in [5.74, 6) is 1.72. The highest BCUT2D eigenvalue weighted by atomic mass is 16.7. The minimum atomic E-state index is -0.0374. The van der Waals surface area contributed by atoms with Gasteiger partial charge in [0.2, 0.25) is 0 Å². The van der Waals surface area contributed by atoms with Crippen molar-refractivity contribution < 1.29 is 9.47 Å². The summed E-state index contributed by atoms with van der Waals surface area (Å²) in [4.78, 5) is 0. The van der Waals surface area contributed by atoms with Gasteiger partial charge in [-0.3, -0.25) is 0 Å². The average Bonchev–Trinajstić information content (AvgIpc) is 2.63. The summed E-state index contributed by atoms with van der Waals surface area (Å²) < 4.78 is 11.8. The van der Waals surface area contributed by atoms with Crippen molar-refractivity contribution in [2.24, 2.45) is 5.41 Å². The molecule has 0 N–H and O–H groups in total. The van der Waals surface area contributed by atoms with Gasteiger partial charge in [0.05, 0.1) is 7.11 Å². The molecule has 0 unspecified atom stereocenters. The minimum Gasteiger partial charge on any atom is -0.468 e. The van der Waals surface area contributed by atoms with Crippen LogP contribution >= 0.6 is 0 Å². The maximum Gasteiger partial charge on any atom is 0.284 e. The lowest BCUT2D eigenvalue weighted by Gasteiger charge is -2.31. The van der Waals surface area contributed by atoms with Crippen molar-refractivity contribution in [1.82, 2.24) is 0 Å². The molecule has 0 saturated heterocycles. The summed E-state index contributed by atoms with van der Waals surface area (Å²) in [5.41, 5.74) is 3.61. The molecule has 25 heavy (non-hydrogen) atoms. The molecule has 0 radical (unpaired) electrons. The Morgan fingerprint density at radius 3 is 1.84 bits per heavy atom. The van der Waals surface area contributed by atoms with Crippen molar-refractivity contribution in [1.29, 1.82) is 0 Å². The number of methoxy groups -OCH3 is 1. The van der Waals surface area contributed by atoms with E-state index in [4.69, 9.17) is 9.47 Å². The highest BCUT2D eigenvalue weighted by Gasteiger charge is 2.30. The first-order valence-electron chi connectivity index (χ1n) is 8.76. The highest BCUT2D eigenvalue weighted by molar-refractivity contribution is 5.43. The number of rotatable bonds is 4. The predicted octanol–water partition coefficient (Wildman–Crippen LogP) is 6.03. The first-order valence-corrected chi connectivity index (χ1v) is 8.76. The lowest BCUT2D eigenvalue weighted by Crippen LogP contribution is -2.19. The Hall–Kier alpha value is -2.48. The van der Waals surface area contributed by atoms with Gasteiger partial charge < -0.3 is 9.47 Å². The van der Waals surface area contributed by atoms with Crippen LogP contribution in [0.25, 0.3) is 0 Å². The zero-order valence-electron chi connectivity index (χ0n) is 15.5. The Labute approximate surface area is 150 Å². The molecular formula is C23H26O2.